The van der Waals surface area contributed by atoms with Crippen molar-refractivity contribution in [3.63, 3.8) is 0 Å². The average Bonchev–Trinajstić information content (AvgIpc) is 3.15. The second-order valence-electron chi connectivity index (χ2n) is 7.56. The van der Waals surface area contributed by atoms with Gasteiger partial charge in [-0.1, -0.05) is 23.2 Å². The highest BCUT2D eigenvalue weighted by Crippen LogP contribution is 2.39. The summed E-state index contributed by atoms with van der Waals surface area (Å²) in [5.74, 6) is -1.03. The first-order chi connectivity index (χ1) is 15.1. The Labute approximate surface area is 199 Å². The predicted octanol–water partition coefficient (Wildman–Crippen LogP) is 4.27. The zero-order chi connectivity index (χ0) is 23.1. The highest BCUT2D eigenvalue weighted by Gasteiger charge is 2.52. The zero-order valence-corrected chi connectivity index (χ0v) is 20.0. The molecule has 1 aliphatic heterocycles. The third-order valence-corrected chi connectivity index (χ3v) is 9.10. The first kappa shape index (κ1) is 23.1. The zero-order valence-electron chi connectivity index (χ0n) is 16.8. The van der Waals surface area contributed by atoms with E-state index >= 15 is 0 Å². The first-order valence-corrected chi connectivity index (χ1v) is 12.5. The second kappa shape index (κ2) is 8.72. The van der Waals surface area contributed by atoms with Crippen LogP contribution in [0, 0.1) is 12.7 Å². The number of nitrogens with zero attached hydrogens (tertiary/aromatic N) is 2. The molecule has 1 aliphatic rings. The van der Waals surface area contributed by atoms with Crippen LogP contribution >= 0.6 is 34.5 Å². The highest BCUT2D eigenvalue weighted by atomic mass is 35.5. The molecule has 2 aromatic heterocycles. The lowest BCUT2D eigenvalue weighted by Crippen LogP contribution is -2.65. The summed E-state index contributed by atoms with van der Waals surface area (Å²) >= 11 is 13.2. The number of thiophene rings is 1. The largest absolute Gasteiger partial charge is 0.351 e. The Morgan fingerprint density at radius 3 is 2.62 bits per heavy atom. The van der Waals surface area contributed by atoms with Crippen LogP contribution < -0.4 is 5.32 Å². The van der Waals surface area contributed by atoms with Gasteiger partial charge in [0.1, 0.15) is 10.0 Å². The number of halogens is 3. The Bertz CT molecular complexity index is 1290. The third-order valence-electron chi connectivity index (χ3n) is 5.29. The lowest BCUT2D eigenvalue weighted by Gasteiger charge is -2.48. The van der Waals surface area contributed by atoms with Gasteiger partial charge in [0, 0.05) is 35.7 Å². The number of amides is 1. The van der Waals surface area contributed by atoms with Gasteiger partial charge in [-0.25, -0.2) is 12.8 Å². The maximum absolute atomic E-state index is 14.6. The number of hydrogen-bond donors (Lipinski definition) is 1. The fraction of sp³-hybridized carbons (Fsp3) is 0.238. The molecule has 3 heterocycles. The molecule has 0 bridgehead atoms. The Balaban J connectivity index is 1.59. The summed E-state index contributed by atoms with van der Waals surface area (Å²) < 4.78 is 42.1. The molecule has 4 rings (SSSR count). The minimum Gasteiger partial charge on any atom is -0.351 e. The quantitative estimate of drug-likeness (QED) is 0.533. The van der Waals surface area contributed by atoms with Gasteiger partial charge < -0.3 is 5.32 Å². The van der Waals surface area contributed by atoms with Gasteiger partial charge in [0.05, 0.1) is 21.7 Å². The van der Waals surface area contributed by atoms with Crippen LogP contribution in [0.15, 0.2) is 52.9 Å². The molecule has 1 fully saturated rings. The molecular formula is C21H18Cl2FN3O3S2. The molecule has 1 aromatic carbocycles. The van der Waals surface area contributed by atoms with Gasteiger partial charge in [-0.05, 0) is 49.4 Å². The van der Waals surface area contributed by atoms with E-state index in [9.17, 15) is 17.6 Å². The summed E-state index contributed by atoms with van der Waals surface area (Å²) in [6.45, 7) is 1.77. The van der Waals surface area contributed by atoms with Crippen LogP contribution in [0.1, 0.15) is 20.9 Å². The normalized spacial score (nSPS) is 15.9. The van der Waals surface area contributed by atoms with Gasteiger partial charge in [-0.2, -0.15) is 4.31 Å². The number of sulfonamides is 1. The summed E-state index contributed by atoms with van der Waals surface area (Å²) in [6.07, 6.45) is 1.44. The van der Waals surface area contributed by atoms with E-state index in [1.807, 2.05) is 6.92 Å². The number of aryl methyl sites for hydroxylation is 1. The number of carbonyl (C=O) groups excluding carboxylic acids is 1. The van der Waals surface area contributed by atoms with Crippen molar-refractivity contribution >= 4 is 50.5 Å². The Kier molecular flexibility index (Phi) is 6.30. The van der Waals surface area contributed by atoms with E-state index in [0.29, 0.717) is 5.02 Å². The van der Waals surface area contributed by atoms with Crippen molar-refractivity contribution in [2.75, 3.05) is 19.6 Å². The molecule has 0 unspecified atom stereocenters. The second-order valence-corrected chi connectivity index (χ2v) is 11.9. The van der Waals surface area contributed by atoms with Crippen LogP contribution in [0.2, 0.25) is 10.0 Å². The number of hydrogen-bond acceptors (Lipinski definition) is 5. The van der Waals surface area contributed by atoms with E-state index in [-0.39, 0.29) is 40.1 Å². The van der Waals surface area contributed by atoms with Crippen molar-refractivity contribution in [1.82, 2.24) is 14.6 Å². The standard InChI is InChI=1S/C21H18Cl2FN3O3S2/c1-13-4-7-18(31-13)32(29,30)27-11-21(12-27,19-17(24)3-2-8-25-19)10-26-20(28)15-6-5-14(22)9-16(15)23/h2-9H,10-12H2,1H3,(H,26,28). The van der Waals surface area contributed by atoms with Crippen molar-refractivity contribution in [1.29, 1.82) is 0 Å². The van der Waals surface area contributed by atoms with E-state index in [0.717, 1.165) is 4.88 Å². The summed E-state index contributed by atoms with van der Waals surface area (Å²) in [4.78, 5) is 17.7. The van der Waals surface area contributed by atoms with Gasteiger partial charge in [0.15, 0.2) is 0 Å². The number of carbonyl (C=O) groups is 1. The van der Waals surface area contributed by atoms with Gasteiger partial charge in [0.25, 0.3) is 15.9 Å². The Hall–Kier alpha value is -2.04. The number of benzene rings is 1. The fourth-order valence-electron chi connectivity index (χ4n) is 3.62. The first-order valence-electron chi connectivity index (χ1n) is 9.53. The third kappa shape index (κ3) is 4.27. The lowest BCUT2D eigenvalue weighted by atomic mass is 9.77. The molecule has 3 aromatic rings. The predicted molar refractivity (Wildman–Crippen MR) is 122 cm³/mol. The molecule has 6 nitrogen and oxygen atoms in total. The molecule has 1 saturated heterocycles. The maximum atomic E-state index is 14.6. The molecule has 0 atom stereocenters. The van der Waals surface area contributed by atoms with Crippen LogP contribution in [-0.2, 0) is 15.4 Å². The lowest BCUT2D eigenvalue weighted by molar-refractivity contribution is 0.0895. The highest BCUT2D eigenvalue weighted by molar-refractivity contribution is 7.91. The minimum atomic E-state index is -3.72. The number of rotatable bonds is 6. The molecule has 32 heavy (non-hydrogen) atoms. The van der Waals surface area contributed by atoms with Crippen molar-refractivity contribution in [3.05, 3.63) is 80.7 Å². The van der Waals surface area contributed by atoms with Gasteiger partial charge >= 0.3 is 0 Å². The van der Waals surface area contributed by atoms with E-state index < -0.39 is 27.2 Å². The Morgan fingerprint density at radius 1 is 1.25 bits per heavy atom. The molecule has 168 valence electrons. The Morgan fingerprint density at radius 2 is 2.00 bits per heavy atom. The van der Waals surface area contributed by atoms with Crippen LogP contribution in [-0.4, -0.2) is 43.2 Å². The number of pyridine rings is 1. The fourth-order valence-corrected chi connectivity index (χ4v) is 7.16. The summed E-state index contributed by atoms with van der Waals surface area (Å²) in [6, 6.07) is 10.5. The molecule has 1 N–H and O–H groups in total. The van der Waals surface area contributed by atoms with E-state index in [2.05, 4.69) is 10.3 Å². The number of aromatic nitrogens is 1. The summed E-state index contributed by atoms with van der Waals surface area (Å²) in [5.41, 5.74) is -0.693. The van der Waals surface area contributed by atoms with Crippen molar-refractivity contribution < 1.29 is 17.6 Å². The molecule has 0 radical (unpaired) electrons. The molecule has 0 aliphatic carbocycles. The SMILES string of the molecule is Cc1ccc(S(=O)(=O)N2CC(CNC(=O)c3ccc(Cl)cc3Cl)(c3ncccc3F)C2)s1. The molecular weight excluding hydrogens is 496 g/mol. The van der Waals surface area contributed by atoms with Crippen LogP contribution in [0.3, 0.4) is 0 Å². The van der Waals surface area contributed by atoms with Crippen molar-refractivity contribution in [2.45, 2.75) is 16.5 Å². The van der Waals surface area contributed by atoms with Gasteiger partial charge in [-0.3, -0.25) is 9.78 Å². The van der Waals surface area contributed by atoms with Crippen LogP contribution in [0.25, 0.3) is 0 Å². The van der Waals surface area contributed by atoms with Crippen molar-refractivity contribution in [3.8, 4) is 0 Å². The molecule has 0 saturated carbocycles. The van der Waals surface area contributed by atoms with Crippen LogP contribution in [0.5, 0.6) is 0 Å². The number of nitrogens with one attached hydrogen (secondary N) is 1. The summed E-state index contributed by atoms with van der Waals surface area (Å²) in [7, 11) is -3.72. The molecule has 11 heteroatoms. The minimum absolute atomic E-state index is 0.0190. The average molecular weight is 514 g/mol. The van der Waals surface area contributed by atoms with Gasteiger partial charge in [0.2, 0.25) is 0 Å². The van der Waals surface area contributed by atoms with Crippen molar-refractivity contribution in [2.24, 2.45) is 0 Å². The van der Waals surface area contributed by atoms with E-state index in [1.165, 1.54) is 52.2 Å². The monoisotopic (exact) mass is 513 g/mol. The van der Waals surface area contributed by atoms with Crippen LogP contribution in [0.4, 0.5) is 4.39 Å². The smallest absolute Gasteiger partial charge is 0.252 e. The van der Waals surface area contributed by atoms with E-state index in [4.69, 9.17) is 23.2 Å². The topological polar surface area (TPSA) is 79.4 Å². The molecule has 1 amide bonds. The van der Waals surface area contributed by atoms with Gasteiger partial charge in [-0.15, -0.1) is 11.3 Å². The molecule has 0 spiro atoms. The van der Waals surface area contributed by atoms with E-state index in [1.54, 1.807) is 12.1 Å². The summed E-state index contributed by atoms with van der Waals surface area (Å²) in [5, 5.41) is 3.32. The maximum Gasteiger partial charge on any atom is 0.252 e.